The normalized spacial score (nSPS) is 12.2. The molecule has 1 rings (SSSR count). The molecule has 0 N–H and O–H groups in total. The Labute approximate surface area is 158 Å². The average molecular weight is 360 g/mol. The predicted molar refractivity (Wildman–Crippen MR) is 108 cm³/mol. The van der Waals surface area contributed by atoms with Crippen LogP contribution in [0.1, 0.15) is 78.2 Å². The highest BCUT2D eigenvalue weighted by atomic mass is 16.6. The lowest BCUT2D eigenvalue weighted by Crippen LogP contribution is -2.38. The second-order valence-electron chi connectivity index (χ2n) is 7.55. The second-order valence-corrected chi connectivity index (χ2v) is 7.55. The maximum atomic E-state index is 11.8. The molecule has 144 valence electrons. The fourth-order valence-corrected chi connectivity index (χ4v) is 3.45. The summed E-state index contributed by atoms with van der Waals surface area (Å²) < 4.78 is 0. The van der Waals surface area contributed by atoms with Gasteiger partial charge in [0.2, 0.25) is 0 Å². The van der Waals surface area contributed by atoms with E-state index in [1.54, 1.807) is 6.07 Å². The fourth-order valence-electron chi connectivity index (χ4n) is 3.45. The van der Waals surface area contributed by atoms with Gasteiger partial charge in [0.15, 0.2) is 0 Å². The average Bonchev–Trinajstić information content (AvgIpc) is 2.59. The summed E-state index contributed by atoms with van der Waals surface area (Å²) in [6.45, 7) is 11.4. The van der Waals surface area contributed by atoms with Crippen LogP contribution in [0.25, 0.3) is 0 Å². The summed E-state index contributed by atoms with van der Waals surface area (Å²) in [5, 5.41) is 20.7. The summed E-state index contributed by atoms with van der Waals surface area (Å²) in [7, 11) is 0. The third-order valence-corrected chi connectivity index (χ3v) is 4.72. The Morgan fingerprint density at radius 3 is 2.27 bits per heavy atom. The van der Waals surface area contributed by atoms with Crippen LogP contribution in [0.2, 0.25) is 0 Å². The lowest BCUT2D eigenvalue weighted by Gasteiger charge is -2.35. The summed E-state index contributed by atoms with van der Waals surface area (Å²) >= 11 is 0. The maximum absolute atomic E-state index is 11.8. The van der Waals surface area contributed by atoms with Crippen molar-refractivity contribution in [3.63, 3.8) is 0 Å². The van der Waals surface area contributed by atoms with E-state index in [4.69, 9.17) is 5.26 Å². The Kier molecular flexibility index (Phi) is 9.12. The number of rotatable bonds is 11. The van der Waals surface area contributed by atoms with Crippen molar-refractivity contribution >= 4 is 11.4 Å². The molecule has 26 heavy (non-hydrogen) atoms. The first-order valence-corrected chi connectivity index (χ1v) is 9.77. The zero-order valence-corrected chi connectivity index (χ0v) is 16.9. The van der Waals surface area contributed by atoms with Crippen LogP contribution >= 0.6 is 0 Å². The van der Waals surface area contributed by atoms with Gasteiger partial charge in [-0.05, 0) is 36.3 Å². The largest absolute Gasteiger partial charge is 0.363 e. The molecule has 1 aromatic carbocycles. The molecule has 0 radical (unpaired) electrons. The monoisotopic (exact) mass is 359 g/mol. The molecule has 5 heteroatoms. The van der Waals surface area contributed by atoms with Gasteiger partial charge in [-0.2, -0.15) is 5.26 Å². The molecule has 0 aliphatic rings. The van der Waals surface area contributed by atoms with Gasteiger partial charge >= 0.3 is 0 Å². The quantitative estimate of drug-likeness (QED) is 0.356. The molecule has 0 heterocycles. The van der Waals surface area contributed by atoms with Gasteiger partial charge in [0.1, 0.15) is 5.69 Å². The molecule has 0 aliphatic carbocycles. The van der Waals surface area contributed by atoms with Crippen LogP contribution in [-0.2, 0) is 0 Å². The van der Waals surface area contributed by atoms with Crippen LogP contribution in [0.4, 0.5) is 11.4 Å². The maximum Gasteiger partial charge on any atom is 0.292 e. The molecule has 0 bridgehead atoms. The molecule has 1 atom stereocenters. The number of nitro benzene ring substituents is 1. The minimum Gasteiger partial charge on any atom is -0.363 e. The van der Waals surface area contributed by atoms with E-state index in [1.165, 1.54) is 0 Å². The number of benzene rings is 1. The Balaban J connectivity index is 3.39. The smallest absolute Gasteiger partial charge is 0.292 e. The summed E-state index contributed by atoms with van der Waals surface area (Å²) in [5.41, 5.74) is 1.72. The van der Waals surface area contributed by atoms with Gasteiger partial charge in [0, 0.05) is 25.1 Å². The van der Waals surface area contributed by atoms with E-state index < -0.39 is 0 Å². The van der Waals surface area contributed by atoms with E-state index in [1.807, 2.05) is 19.1 Å². The first kappa shape index (κ1) is 22.0. The van der Waals surface area contributed by atoms with Crippen LogP contribution in [0.3, 0.4) is 0 Å². The summed E-state index contributed by atoms with van der Waals surface area (Å²) in [4.78, 5) is 13.8. The zero-order valence-electron chi connectivity index (χ0n) is 16.9. The number of hydrogen-bond donors (Lipinski definition) is 0. The predicted octanol–water partition coefficient (Wildman–Crippen LogP) is 6.04. The number of nitrogens with zero attached hydrogens (tertiary/aromatic N) is 3. The van der Waals surface area contributed by atoms with E-state index in [2.05, 4.69) is 38.7 Å². The van der Waals surface area contributed by atoms with Gasteiger partial charge in [-0.1, -0.05) is 53.5 Å². The van der Waals surface area contributed by atoms with Gasteiger partial charge in [-0.3, -0.25) is 10.1 Å². The molecule has 0 saturated carbocycles. The molecule has 0 aliphatic heterocycles. The number of hydrogen-bond acceptors (Lipinski definition) is 4. The van der Waals surface area contributed by atoms with Crippen LogP contribution in [-0.4, -0.2) is 17.5 Å². The van der Waals surface area contributed by atoms with Crippen molar-refractivity contribution in [3.8, 4) is 6.07 Å². The van der Waals surface area contributed by atoms with E-state index >= 15 is 0 Å². The van der Waals surface area contributed by atoms with Crippen molar-refractivity contribution in [2.75, 3.05) is 11.4 Å². The topological polar surface area (TPSA) is 70.2 Å². The SMILES string of the molecule is CCCC(CCC)N(CC(C)C)c1ccc(C(C)CC#N)cc1[N+](=O)[O-]. The summed E-state index contributed by atoms with van der Waals surface area (Å²) in [6, 6.07) is 7.97. The van der Waals surface area contributed by atoms with Gasteiger partial charge < -0.3 is 4.90 Å². The first-order chi connectivity index (χ1) is 12.3. The van der Waals surface area contributed by atoms with Gasteiger partial charge in [0.05, 0.1) is 11.0 Å². The highest BCUT2D eigenvalue weighted by Crippen LogP contribution is 2.35. The highest BCUT2D eigenvalue weighted by molar-refractivity contribution is 5.65. The lowest BCUT2D eigenvalue weighted by atomic mass is 9.96. The molecule has 0 spiro atoms. The van der Waals surface area contributed by atoms with Crippen molar-refractivity contribution in [1.29, 1.82) is 5.26 Å². The molecule has 0 aromatic heterocycles. The van der Waals surface area contributed by atoms with Crippen molar-refractivity contribution in [2.45, 2.75) is 78.7 Å². The van der Waals surface area contributed by atoms with Crippen molar-refractivity contribution in [3.05, 3.63) is 33.9 Å². The first-order valence-electron chi connectivity index (χ1n) is 9.77. The third-order valence-electron chi connectivity index (χ3n) is 4.72. The summed E-state index contributed by atoms with van der Waals surface area (Å²) in [6.07, 6.45) is 4.55. The molecule has 5 nitrogen and oxygen atoms in total. The van der Waals surface area contributed by atoms with Gasteiger partial charge in [-0.15, -0.1) is 0 Å². The molecule has 1 aromatic rings. The molecule has 0 amide bonds. The van der Waals surface area contributed by atoms with Gasteiger partial charge in [-0.25, -0.2) is 0 Å². The minimum atomic E-state index is -0.278. The van der Waals surface area contributed by atoms with E-state index in [0.717, 1.165) is 37.8 Å². The zero-order chi connectivity index (χ0) is 19.7. The minimum absolute atomic E-state index is 0.00613. The van der Waals surface area contributed by atoms with E-state index in [9.17, 15) is 10.1 Å². The van der Waals surface area contributed by atoms with Crippen LogP contribution in [0, 0.1) is 27.4 Å². The Morgan fingerprint density at radius 1 is 1.19 bits per heavy atom. The summed E-state index contributed by atoms with van der Waals surface area (Å²) in [5.74, 6) is 0.413. The molecule has 0 saturated heterocycles. The Hall–Kier alpha value is -2.09. The van der Waals surface area contributed by atoms with Crippen LogP contribution in [0.15, 0.2) is 18.2 Å². The number of anilines is 1. The number of nitro groups is 1. The highest BCUT2D eigenvalue weighted by Gasteiger charge is 2.26. The van der Waals surface area contributed by atoms with Crippen LogP contribution < -0.4 is 4.90 Å². The Bertz CT molecular complexity index is 616. The van der Waals surface area contributed by atoms with Crippen LogP contribution in [0.5, 0.6) is 0 Å². The van der Waals surface area contributed by atoms with Crippen molar-refractivity contribution in [2.24, 2.45) is 5.92 Å². The number of nitriles is 1. The molecular weight excluding hydrogens is 326 g/mol. The third kappa shape index (κ3) is 6.01. The van der Waals surface area contributed by atoms with Crippen molar-refractivity contribution < 1.29 is 4.92 Å². The van der Waals surface area contributed by atoms with E-state index in [-0.39, 0.29) is 16.5 Å². The fraction of sp³-hybridized carbons (Fsp3) is 0.667. The molecule has 1 unspecified atom stereocenters. The van der Waals surface area contributed by atoms with E-state index in [0.29, 0.717) is 24.1 Å². The molecular formula is C21H33N3O2. The van der Waals surface area contributed by atoms with Gasteiger partial charge in [0.25, 0.3) is 5.69 Å². The standard InChI is InChI=1S/C21H33N3O2/c1-6-8-19(9-7-2)23(15-16(3)4)20-11-10-18(17(5)12-13-22)14-21(20)24(25)26/h10-11,14,16-17,19H,6-9,12,15H2,1-5H3. The van der Waals surface area contributed by atoms with Crippen molar-refractivity contribution in [1.82, 2.24) is 0 Å². The second kappa shape index (κ2) is 10.8. The lowest BCUT2D eigenvalue weighted by molar-refractivity contribution is -0.384. The molecule has 0 fully saturated rings. The Morgan fingerprint density at radius 2 is 1.81 bits per heavy atom.